The van der Waals surface area contributed by atoms with E-state index in [4.69, 9.17) is 5.73 Å². The molecule has 3 N–H and O–H groups in total. The summed E-state index contributed by atoms with van der Waals surface area (Å²) in [6.45, 7) is 3.12. The van der Waals surface area contributed by atoms with Gasteiger partial charge in [0.05, 0.1) is 0 Å². The number of likely N-dealkylation sites (tertiary alicyclic amines) is 1. The SMILES string of the molecule is CC(=O)NC(C(=O)N1CC2CCC(N)C2C1)C1CCCC1. The minimum Gasteiger partial charge on any atom is -0.344 e. The number of nitrogens with one attached hydrogen (secondary N) is 1. The highest BCUT2D eigenvalue weighted by atomic mass is 16.2. The Hall–Kier alpha value is -1.10. The number of fused-ring (bicyclic) bond motifs is 1. The molecule has 0 aromatic heterocycles. The number of nitrogens with zero attached hydrogens (tertiary/aromatic N) is 1. The molecule has 118 valence electrons. The molecule has 3 fully saturated rings. The summed E-state index contributed by atoms with van der Waals surface area (Å²) in [7, 11) is 0. The molecule has 0 spiro atoms. The fraction of sp³-hybridized carbons (Fsp3) is 0.875. The molecule has 5 heteroatoms. The van der Waals surface area contributed by atoms with Crippen LogP contribution in [0.25, 0.3) is 0 Å². The average molecular weight is 293 g/mol. The second-order valence-electron chi connectivity index (χ2n) is 7.13. The molecule has 21 heavy (non-hydrogen) atoms. The van der Waals surface area contributed by atoms with Gasteiger partial charge in [0.2, 0.25) is 11.8 Å². The molecule has 0 aromatic rings. The van der Waals surface area contributed by atoms with Crippen molar-refractivity contribution in [2.75, 3.05) is 13.1 Å². The van der Waals surface area contributed by atoms with Crippen molar-refractivity contribution in [3.63, 3.8) is 0 Å². The zero-order chi connectivity index (χ0) is 15.0. The molecule has 1 heterocycles. The van der Waals surface area contributed by atoms with E-state index < -0.39 is 0 Å². The van der Waals surface area contributed by atoms with Gasteiger partial charge in [0.1, 0.15) is 6.04 Å². The molecule has 5 nitrogen and oxygen atoms in total. The number of carbonyl (C=O) groups is 2. The van der Waals surface area contributed by atoms with Gasteiger partial charge in [-0.1, -0.05) is 12.8 Å². The molecule has 4 atom stereocenters. The predicted molar refractivity (Wildman–Crippen MR) is 80.3 cm³/mol. The lowest BCUT2D eigenvalue weighted by Crippen LogP contribution is -2.51. The van der Waals surface area contributed by atoms with E-state index in [0.29, 0.717) is 17.8 Å². The molecule has 1 aliphatic heterocycles. The van der Waals surface area contributed by atoms with Crippen LogP contribution >= 0.6 is 0 Å². The fourth-order valence-electron chi connectivity index (χ4n) is 4.58. The first-order valence-corrected chi connectivity index (χ1v) is 8.37. The van der Waals surface area contributed by atoms with Gasteiger partial charge in [-0.2, -0.15) is 0 Å². The maximum Gasteiger partial charge on any atom is 0.245 e. The number of carbonyl (C=O) groups excluding carboxylic acids is 2. The van der Waals surface area contributed by atoms with E-state index in [-0.39, 0.29) is 23.9 Å². The second-order valence-corrected chi connectivity index (χ2v) is 7.13. The van der Waals surface area contributed by atoms with Crippen LogP contribution in [0.5, 0.6) is 0 Å². The van der Waals surface area contributed by atoms with Gasteiger partial charge in [0.25, 0.3) is 0 Å². The summed E-state index contributed by atoms with van der Waals surface area (Å²) < 4.78 is 0. The van der Waals surface area contributed by atoms with Crippen molar-refractivity contribution >= 4 is 11.8 Å². The Labute approximate surface area is 126 Å². The van der Waals surface area contributed by atoms with E-state index in [1.807, 2.05) is 4.90 Å². The van der Waals surface area contributed by atoms with E-state index in [1.54, 1.807) is 0 Å². The van der Waals surface area contributed by atoms with Crippen molar-refractivity contribution in [1.82, 2.24) is 10.2 Å². The number of nitrogens with two attached hydrogens (primary N) is 1. The smallest absolute Gasteiger partial charge is 0.245 e. The Morgan fingerprint density at radius 1 is 1.14 bits per heavy atom. The van der Waals surface area contributed by atoms with Crippen LogP contribution in [-0.2, 0) is 9.59 Å². The van der Waals surface area contributed by atoms with Gasteiger partial charge < -0.3 is 16.0 Å². The Kier molecular flexibility index (Phi) is 4.20. The maximum absolute atomic E-state index is 12.9. The molecule has 3 aliphatic rings. The molecule has 0 radical (unpaired) electrons. The third-order valence-corrected chi connectivity index (χ3v) is 5.72. The van der Waals surface area contributed by atoms with Crippen LogP contribution < -0.4 is 11.1 Å². The number of amides is 2. The van der Waals surface area contributed by atoms with Crippen LogP contribution in [0.3, 0.4) is 0 Å². The monoisotopic (exact) mass is 293 g/mol. The van der Waals surface area contributed by atoms with Crippen molar-refractivity contribution in [3.05, 3.63) is 0 Å². The highest BCUT2D eigenvalue weighted by Gasteiger charge is 2.44. The van der Waals surface area contributed by atoms with Gasteiger partial charge in [-0.05, 0) is 43.4 Å². The molecule has 4 unspecified atom stereocenters. The van der Waals surface area contributed by atoms with Crippen LogP contribution in [0.4, 0.5) is 0 Å². The largest absolute Gasteiger partial charge is 0.344 e. The lowest BCUT2D eigenvalue weighted by molar-refractivity contribution is -0.137. The molecule has 0 aromatic carbocycles. The molecule has 2 amide bonds. The number of hydrogen-bond acceptors (Lipinski definition) is 3. The van der Waals surface area contributed by atoms with E-state index in [1.165, 1.54) is 19.8 Å². The van der Waals surface area contributed by atoms with Gasteiger partial charge in [0, 0.05) is 26.1 Å². The topological polar surface area (TPSA) is 75.4 Å². The number of hydrogen-bond donors (Lipinski definition) is 2. The third kappa shape index (κ3) is 2.93. The lowest BCUT2D eigenvalue weighted by Gasteiger charge is -2.28. The molecular formula is C16H27N3O2. The van der Waals surface area contributed by atoms with Crippen LogP contribution in [0.15, 0.2) is 0 Å². The third-order valence-electron chi connectivity index (χ3n) is 5.72. The summed E-state index contributed by atoms with van der Waals surface area (Å²) in [6.07, 6.45) is 6.68. The highest BCUT2D eigenvalue weighted by molar-refractivity contribution is 5.87. The molecule has 1 saturated heterocycles. The molecule has 2 saturated carbocycles. The van der Waals surface area contributed by atoms with E-state index >= 15 is 0 Å². The molecule has 3 rings (SSSR count). The van der Waals surface area contributed by atoms with Crippen molar-refractivity contribution in [1.29, 1.82) is 0 Å². The fourth-order valence-corrected chi connectivity index (χ4v) is 4.58. The first kappa shape index (κ1) is 14.8. The Balaban J connectivity index is 1.67. The minimum absolute atomic E-state index is 0.101. The standard InChI is InChI=1S/C16H27N3O2/c1-10(20)18-15(11-4-2-3-5-11)16(21)19-8-12-6-7-14(17)13(12)9-19/h11-15H,2-9,17H2,1H3,(H,18,20). The normalized spacial score (nSPS) is 34.0. The van der Waals surface area contributed by atoms with E-state index in [2.05, 4.69) is 5.32 Å². The quantitative estimate of drug-likeness (QED) is 0.811. The van der Waals surface area contributed by atoms with Gasteiger partial charge in [-0.25, -0.2) is 0 Å². The van der Waals surface area contributed by atoms with Gasteiger partial charge in [0.15, 0.2) is 0 Å². The lowest BCUT2D eigenvalue weighted by atomic mass is 9.96. The second kappa shape index (κ2) is 5.95. The highest BCUT2D eigenvalue weighted by Crippen LogP contribution is 2.38. The summed E-state index contributed by atoms with van der Waals surface area (Å²) in [6, 6.07) is -0.0708. The summed E-state index contributed by atoms with van der Waals surface area (Å²) in [5, 5.41) is 2.91. The first-order valence-electron chi connectivity index (χ1n) is 8.37. The van der Waals surface area contributed by atoms with Gasteiger partial charge >= 0.3 is 0 Å². The molecule has 0 bridgehead atoms. The minimum atomic E-state index is -0.319. The predicted octanol–water partition coefficient (Wildman–Crippen LogP) is 0.877. The zero-order valence-corrected chi connectivity index (χ0v) is 12.9. The van der Waals surface area contributed by atoms with Crippen LogP contribution in [-0.4, -0.2) is 41.9 Å². The van der Waals surface area contributed by atoms with E-state index in [0.717, 1.165) is 38.8 Å². The van der Waals surface area contributed by atoms with Crippen LogP contribution in [0.1, 0.15) is 45.4 Å². The first-order chi connectivity index (χ1) is 10.1. The van der Waals surface area contributed by atoms with Crippen molar-refractivity contribution in [2.24, 2.45) is 23.5 Å². The van der Waals surface area contributed by atoms with E-state index in [9.17, 15) is 9.59 Å². The van der Waals surface area contributed by atoms with Crippen molar-refractivity contribution in [2.45, 2.75) is 57.5 Å². The Morgan fingerprint density at radius 3 is 2.48 bits per heavy atom. The summed E-state index contributed by atoms with van der Waals surface area (Å²) >= 11 is 0. The molecular weight excluding hydrogens is 266 g/mol. The average Bonchev–Trinajstić information content (AvgIpc) is 3.14. The van der Waals surface area contributed by atoms with Crippen molar-refractivity contribution < 1.29 is 9.59 Å². The summed E-state index contributed by atoms with van der Waals surface area (Å²) in [5.74, 6) is 1.38. The maximum atomic E-state index is 12.9. The summed E-state index contributed by atoms with van der Waals surface area (Å²) in [4.78, 5) is 26.3. The Morgan fingerprint density at radius 2 is 1.86 bits per heavy atom. The van der Waals surface area contributed by atoms with Crippen molar-refractivity contribution in [3.8, 4) is 0 Å². The molecule has 2 aliphatic carbocycles. The van der Waals surface area contributed by atoms with Crippen LogP contribution in [0, 0.1) is 17.8 Å². The Bertz CT molecular complexity index is 420. The summed E-state index contributed by atoms with van der Waals surface area (Å²) in [5.41, 5.74) is 6.15. The van der Waals surface area contributed by atoms with Gasteiger partial charge in [-0.3, -0.25) is 9.59 Å². The zero-order valence-electron chi connectivity index (χ0n) is 12.9. The van der Waals surface area contributed by atoms with Gasteiger partial charge in [-0.15, -0.1) is 0 Å². The van der Waals surface area contributed by atoms with Crippen LogP contribution in [0.2, 0.25) is 0 Å². The number of rotatable bonds is 3.